The van der Waals surface area contributed by atoms with Crippen LogP contribution in [-0.2, 0) is 22.9 Å². The highest BCUT2D eigenvalue weighted by Crippen LogP contribution is 2.28. The van der Waals surface area contributed by atoms with Crippen LogP contribution in [-0.4, -0.2) is 44.8 Å². The summed E-state index contributed by atoms with van der Waals surface area (Å²) < 4.78 is 19.1. The summed E-state index contributed by atoms with van der Waals surface area (Å²) in [5.74, 6) is -0.217. The van der Waals surface area contributed by atoms with Gasteiger partial charge in [0.15, 0.2) is 0 Å². The van der Waals surface area contributed by atoms with Crippen LogP contribution in [0.15, 0.2) is 0 Å². The summed E-state index contributed by atoms with van der Waals surface area (Å²) in [5.41, 5.74) is 0. The highest BCUT2D eigenvalue weighted by Gasteiger charge is 2.41. The van der Waals surface area contributed by atoms with Gasteiger partial charge in [-0.1, -0.05) is 111 Å². The maximum atomic E-state index is 12.6. The van der Waals surface area contributed by atoms with Crippen molar-refractivity contribution in [2.24, 2.45) is 0 Å². The van der Waals surface area contributed by atoms with E-state index in [4.69, 9.17) is 13.3 Å². The van der Waals surface area contributed by atoms with E-state index in [2.05, 4.69) is 34.6 Å². The summed E-state index contributed by atoms with van der Waals surface area (Å²) in [5, 5.41) is -0.186. The number of unbranched alkanes of at least 4 members (excludes halogenated alkanes) is 10. The summed E-state index contributed by atoms with van der Waals surface area (Å²) in [4.78, 5) is 25.1. The van der Waals surface area contributed by atoms with Gasteiger partial charge in [0.25, 0.3) is 5.12 Å². The van der Waals surface area contributed by atoms with Crippen molar-refractivity contribution in [3.8, 4) is 0 Å². The zero-order valence-corrected chi connectivity index (χ0v) is 26.2. The number of ketones is 1. The molecule has 214 valence electrons. The van der Waals surface area contributed by atoms with Gasteiger partial charge in [0.05, 0.1) is 0 Å². The molecule has 0 saturated carbocycles. The van der Waals surface area contributed by atoms with Gasteiger partial charge in [0, 0.05) is 37.5 Å². The van der Waals surface area contributed by atoms with Gasteiger partial charge < -0.3 is 13.3 Å². The maximum absolute atomic E-state index is 12.6. The Morgan fingerprint density at radius 3 is 1.53 bits per heavy atom. The first-order valence-electron chi connectivity index (χ1n) is 15.1. The van der Waals surface area contributed by atoms with Crippen LogP contribution in [0.3, 0.4) is 0 Å². The Balaban J connectivity index is 4.75. The Hall–Kier alpha value is -0.213. The summed E-state index contributed by atoms with van der Waals surface area (Å²) in [7, 11) is -2.82. The van der Waals surface area contributed by atoms with Crippen molar-refractivity contribution in [3.63, 3.8) is 0 Å². The smallest absolute Gasteiger partial charge is 0.373 e. The lowest BCUT2D eigenvalue weighted by atomic mass is 10.1. The molecule has 0 aliphatic rings. The second-order valence-corrected chi connectivity index (χ2v) is 13.9. The van der Waals surface area contributed by atoms with E-state index < -0.39 is 8.80 Å². The number of Topliss-reactive ketones (excluding diaryl/α,β-unsaturated/α-hetero) is 1. The molecule has 0 bridgehead atoms. The molecule has 0 aliphatic heterocycles. The van der Waals surface area contributed by atoms with Crippen molar-refractivity contribution >= 4 is 31.5 Å². The minimum atomic E-state index is -2.82. The molecule has 1 unspecified atom stereocenters. The number of carbonyl (C=O) groups excluding carboxylic acids is 2. The van der Waals surface area contributed by atoms with Crippen LogP contribution < -0.4 is 0 Å². The molecule has 0 aromatic heterocycles. The summed E-state index contributed by atoms with van der Waals surface area (Å²) >= 11 is 1.22. The maximum Gasteiger partial charge on any atom is 0.500 e. The Bertz CT molecular complexity index is 505. The number of hydrogen-bond acceptors (Lipinski definition) is 6. The molecular weight excluding hydrogens is 488 g/mol. The summed E-state index contributed by atoms with van der Waals surface area (Å²) in [6.07, 6.45) is 17.6. The quantitative estimate of drug-likeness (QED) is 0.0582. The highest BCUT2D eigenvalue weighted by atomic mass is 32.2. The van der Waals surface area contributed by atoms with Gasteiger partial charge >= 0.3 is 8.80 Å². The van der Waals surface area contributed by atoms with E-state index >= 15 is 0 Å². The molecule has 0 fully saturated rings. The Morgan fingerprint density at radius 1 is 0.639 bits per heavy atom. The van der Waals surface area contributed by atoms with Crippen LogP contribution in [0.2, 0.25) is 6.04 Å². The molecule has 5 nitrogen and oxygen atoms in total. The van der Waals surface area contributed by atoms with E-state index in [1.54, 1.807) is 0 Å². The lowest BCUT2D eigenvalue weighted by Crippen LogP contribution is -2.47. The standard InChI is InChI=1S/C29H58O5SSi/c1-6-11-15-16-17-18-19-20-21-28(30)29(31)35-27(10-5)22-26-36(32-23-12-7-2,33-24-13-8-3)34-25-14-9-4/h27H,6-26H2,1-5H3. The first kappa shape index (κ1) is 35.8. The Labute approximate surface area is 228 Å². The fourth-order valence-corrected chi connectivity index (χ4v) is 7.78. The molecule has 0 aromatic carbocycles. The lowest BCUT2D eigenvalue weighted by Gasteiger charge is -2.31. The van der Waals surface area contributed by atoms with Crippen molar-refractivity contribution in [3.05, 3.63) is 0 Å². The minimum Gasteiger partial charge on any atom is -0.373 e. The third-order valence-electron chi connectivity index (χ3n) is 6.45. The molecular formula is C29H58O5SSi. The van der Waals surface area contributed by atoms with E-state index in [1.165, 1.54) is 43.9 Å². The zero-order chi connectivity index (χ0) is 26.9. The molecule has 0 heterocycles. The normalized spacial score (nSPS) is 12.7. The average Bonchev–Trinajstić information content (AvgIpc) is 2.88. The van der Waals surface area contributed by atoms with Crippen LogP contribution in [0.1, 0.15) is 144 Å². The molecule has 0 rings (SSSR count). The average molecular weight is 547 g/mol. The predicted octanol–water partition coefficient (Wildman–Crippen LogP) is 8.90. The lowest BCUT2D eigenvalue weighted by molar-refractivity contribution is -0.131. The van der Waals surface area contributed by atoms with Crippen LogP contribution in [0, 0.1) is 0 Å². The van der Waals surface area contributed by atoms with E-state index in [1.807, 2.05) is 0 Å². The van der Waals surface area contributed by atoms with Crippen molar-refractivity contribution in [2.45, 2.75) is 155 Å². The number of rotatable bonds is 27. The summed E-state index contributed by atoms with van der Waals surface area (Å²) in [6, 6.07) is 0.704. The van der Waals surface area contributed by atoms with Crippen molar-refractivity contribution in [1.29, 1.82) is 0 Å². The minimum absolute atomic E-state index is 0.0891. The molecule has 0 radical (unpaired) electrons. The van der Waals surface area contributed by atoms with Gasteiger partial charge in [-0.15, -0.1) is 0 Å². The molecule has 1 atom stereocenters. The van der Waals surface area contributed by atoms with Crippen molar-refractivity contribution in [1.82, 2.24) is 0 Å². The zero-order valence-electron chi connectivity index (χ0n) is 24.4. The molecule has 0 N–H and O–H groups in total. The van der Waals surface area contributed by atoms with Gasteiger partial charge in [-0.3, -0.25) is 9.59 Å². The number of hydrogen-bond donors (Lipinski definition) is 0. The second-order valence-electron chi connectivity index (χ2n) is 9.91. The second kappa shape index (κ2) is 25.1. The number of thioether (sulfide) groups is 1. The van der Waals surface area contributed by atoms with Crippen LogP contribution in [0.4, 0.5) is 0 Å². The largest absolute Gasteiger partial charge is 0.500 e. The van der Waals surface area contributed by atoms with Gasteiger partial charge in [0.2, 0.25) is 5.78 Å². The first-order valence-corrected chi connectivity index (χ1v) is 17.9. The number of carbonyl (C=O) groups is 2. The van der Waals surface area contributed by atoms with Gasteiger partial charge in [0.1, 0.15) is 0 Å². The third-order valence-corrected chi connectivity index (χ3v) is 10.6. The molecule has 0 aromatic rings. The molecule has 0 saturated heterocycles. The molecule has 7 heteroatoms. The van der Waals surface area contributed by atoms with Gasteiger partial charge in [-0.25, -0.2) is 0 Å². The third kappa shape index (κ3) is 18.9. The molecule has 0 spiro atoms. The fourth-order valence-electron chi connectivity index (χ4n) is 3.88. The van der Waals surface area contributed by atoms with Crippen LogP contribution >= 0.6 is 11.8 Å². The highest BCUT2D eigenvalue weighted by molar-refractivity contribution is 8.15. The topological polar surface area (TPSA) is 61.8 Å². The van der Waals surface area contributed by atoms with Crippen LogP contribution in [0.25, 0.3) is 0 Å². The van der Waals surface area contributed by atoms with Gasteiger partial charge in [-0.05, 0) is 38.5 Å². The van der Waals surface area contributed by atoms with Crippen molar-refractivity contribution < 1.29 is 22.9 Å². The monoisotopic (exact) mass is 546 g/mol. The van der Waals surface area contributed by atoms with E-state index in [-0.39, 0.29) is 16.1 Å². The predicted molar refractivity (Wildman–Crippen MR) is 157 cm³/mol. The molecule has 0 aliphatic carbocycles. The van der Waals surface area contributed by atoms with E-state index in [0.29, 0.717) is 32.3 Å². The summed E-state index contributed by atoms with van der Waals surface area (Å²) in [6.45, 7) is 12.7. The van der Waals surface area contributed by atoms with Crippen molar-refractivity contribution in [2.75, 3.05) is 19.8 Å². The SMILES string of the molecule is CCCCCCCCCCC(=O)C(=O)SC(CC)CC[Si](OCCCC)(OCCCC)OCCCC. The van der Waals surface area contributed by atoms with E-state index in [9.17, 15) is 9.59 Å². The fraction of sp³-hybridized carbons (Fsp3) is 0.931. The Morgan fingerprint density at radius 2 is 1.08 bits per heavy atom. The van der Waals surface area contributed by atoms with Gasteiger partial charge in [-0.2, -0.15) is 0 Å². The molecule has 0 amide bonds. The molecule has 36 heavy (non-hydrogen) atoms. The Kier molecular flexibility index (Phi) is 24.9. The van der Waals surface area contributed by atoms with Crippen LogP contribution in [0.5, 0.6) is 0 Å². The van der Waals surface area contributed by atoms with E-state index in [0.717, 1.165) is 70.6 Å². The first-order chi connectivity index (χ1) is 17.5.